The average Bonchev–Trinajstić information content (AvgIpc) is 2.70. The first kappa shape index (κ1) is 19.4. The monoisotopic (exact) mass is 396 g/mol. The second-order valence-electron chi connectivity index (χ2n) is 6.87. The Balaban J connectivity index is 1.49. The van der Waals surface area contributed by atoms with E-state index in [0.29, 0.717) is 5.56 Å². The predicted octanol–water partition coefficient (Wildman–Crippen LogP) is 2.98. The van der Waals surface area contributed by atoms with Gasteiger partial charge in [0, 0.05) is 5.56 Å². The van der Waals surface area contributed by atoms with Crippen molar-refractivity contribution in [1.29, 1.82) is 0 Å². The SMILES string of the molecule is O[C@@H]1[C@@H](O)[C@H](c2ccccc2)O[C@@H]2CO[C@@H](c3ccc(C(F)(F)F)cc3)O[C@@H]12. The smallest absolute Gasteiger partial charge is 0.387 e. The minimum Gasteiger partial charge on any atom is -0.387 e. The fourth-order valence-electron chi connectivity index (χ4n) is 3.53. The van der Waals surface area contributed by atoms with E-state index in [9.17, 15) is 23.4 Å². The summed E-state index contributed by atoms with van der Waals surface area (Å²) in [6.07, 6.45) is -10.0. The van der Waals surface area contributed by atoms with Gasteiger partial charge in [0.2, 0.25) is 0 Å². The van der Waals surface area contributed by atoms with Gasteiger partial charge in [-0.15, -0.1) is 0 Å². The summed E-state index contributed by atoms with van der Waals surface area (Å²) in [5.41, 5.74) is 0.336. The van der Waals surface area contributed by atoms with Gasteiger partial charge in [-0.05, 0) is 17.7 Å². The van der Waals surface area contributed by atoms with Crippen molar-refractivity contribution in [1.82, 2.24) is 0 Å². The highest BCUT2D eigenvalue weighted by atomic mass is 19.4. The van der Waals surface area contributed by atoms with Crippen LogP contribution in [-0.2, 0) is 20.4 Å². The van der Waals surface area contributed by atoms with Crippen molar-refractivity contribution in [3.8, 4) is 0 Å². The van der Waals surface area contributed by atoms with Crippen LogP contribution < -0.4 is 0 Å². The van der Waals surface area contributed by atoms with Gasteiger partial charge in [-0.2, -0.15) is 13.2 Å². The standard InChI is InChI=1S/C20H19F3O5/c21-20(22,23)13-8-6-12(7-9-13)19-26-10-14-18(28-19)16(25)15(24)17(27-14)11-4-2-1-3-5-11/h1-9,14-19,24-25H,10H2/t14-,15-,16-,17+,18-,19-/m1/s1. The van der Waals surface area contributed by atoms with Crippen LogP contribution in [0.4, 0.5) is 13.2 Å². The van der Waals surface area contributed by atoms with Gasteiger partial charge in [0.25, 0.3) is 0 Å². The second kappa shape index (κ2) is 7.46. The van der Waals surface area contributed by atoms with Crippen LogP contribution >= 0.6 is 0 Å². The summed E-state index contributed by atoms with van der Waals surface area (Å²) < 4.78 is 55.4. The average molecular weight is 396 g/mol. The van der Waals surface area contributed by atoms with Gasteiger partial charge in [0.1, 0.15) is 30.5 Å². The molecule has 5 nitrogen and oxygen atoms in total. The normalized spacial score (nSPS) is 33.3. The molecule has 0 amide bonds. The molecule has 0 spiro atoms. The third kappa shape index (κ3) is 3.66. The second-order valence-corrected chi connectivity index (χ2v) is 6.87. The Morgan fingerprint density at radius 2 is 1.50 bits per heavy atom. The zero-order valence-corrected chi connectivity index (χ0v) is 14.6. The first-order chi connectivity index (χ1) is 13.3. The Bertz CT molecular complexity index is 794. The van der Waals surface area contributed by atoms with Crippen molar-refractivity contribution in [3.63, 3.8) is 0 Å². The van der Waals surface area contributed by atoms with Gasteiger partial charge in [-0.25, -0.2) is 0 Å². The molecule has 150 valence electrons. The summed E-state index contributed by atoms with van der Waals surface area (Å²) in [4.78, 5) is 0. The Morgan fingerprint density at radius 3 is 2.14 bits per heavy atom. The van der Waals surface area contributed by atoms with Crippen molar-refractivity contribution in [2.24, 2.45) is 0 Å². The van der Waals surface area contributed by atoms with Gasteiger partial charge in [0.15, 0.2) is 6.29 Å². The summed E-state index contributed by atoms with van der Waals surface area (Å²) in [5.74, 6) is 0. The van der Waals surface area contributed by atoms with Crippen LogP contribution in [0.5, 0.6) is 0 Å². The number of aliphatic hydroxyl groups is 2. The molecule has 2 aliphatic heterocycles. The van der Waals surface area contributed by atoms with E-state index in [1.807, 2.05) is 6.07 Å². The molecule has 2 heterocycles. The van der Waals surface area contributed by atoms with Crippen LogP contribution in [0.1, 0.15) is 29.1 Å². The molecule has 4 rings (SSSR count). The van der Waals surface area contributed by atoms with Gasteiger partial charge >= 0.3 is 6.18 Å². The molecule has 0 radical (unpaired) electrons. The first-order valence-electron chi connectivity index (χ1n) is 8.85. The Labute approximate surface area is 159 Å². The number of hydrogen-bond donors (Lipinski definition) is 2. The van der Waals surface area contributed by atoms with Crippen molar-refractivity contribution < 1.29 is 37.6 Å². The maximum absolute atomic E-state index is 12.7. The molecular weight excluding hydrogens is 377 g/mol. The molecule has 0 aromatic heterocycles. The van der Waals surface area contributed by atoms with Crippen molar-refractivity contribution in [2.75, 3.05) is 6.61 Å². The number of hydrogen-bond acceptors (Lipinski definition) is 5. The molecule has 0 bridgehead atoms. The summed E-state index contributed by atoms with van der Waals surface area (Å²) in [7, 11) is 0. The zero-order chi connectivity index (χ0) is 19.9. The number of aliphatic hydroxyl groups excluding tert-OH is 2. The lowest BCUT2D eigenvalue weighted by molar-refractivity contribution is -0.330. The molecule has 8 heteroatoms. The van der Waals surface area contributed by atoms with E-state index in [4.69, 9.17) is 14.2 Å². The van der Waals surface area contributed by atoms with Crippen LogP contribution in [0, 0.1) is 0 Å². The molecule has 0 aliphatic carbocycles. The molecule has 2 saturated heterocycles. The highest BCUT2D eigenvalue weighted by Gasteiger charge is 2.49. The maximum Gasteiger partial charge on any atom is 0.416 e. The summed E-state index contributed by atoms with van der Waals surface area (Å²) >= 11 is 0. The quantitative estimate of drug-likeness (QED) is 0.817. The summed E-state index contributed by atoms with van der Waals surface area (Å²) in [5, 5.41) is 21.1. The minimum atomic E-state index is -4.43. The first-order valence-corrected chi connectivity index (χ1v) is 8.85. The van der Waals surface area contributed by atoms with Gasteiger partial charge in [-0.3, -0.25) is 0 Å². The lowest BCUT2D eigenvalue weighted by Gasteiger charge is -2.46. The molecule has 2 N–H and O–H groups in total. The topological polar surface area (TPSA) is 68.2 Å². The maximum atomic E-state index is 12.7. The van der Waals surface area contributed by atoms with Gasteiger partial charge in [0.05, 0.1) is 12.2 Å². The molecule has 0 saturated carbocycles. The number of ether oxygens (including phenoxy) is 3. The number of halogens is 3. The van der Waals surface area contributed by atoms with Crippen molar-refractivity contribution in [3.05, 3.63) is 71.3 Å². The zero-order valence-electron chi connectivity index (χ0n) is 14.6. The van der Waals surface area contributed by atoms with E-state index < -0.39 is 48.5 Å². The molecule has 2 fully saturated rings. The van der Waals surface area contributed by atoms with Gasteiger partial charge in [-0.1, -0.05) is 42.5 Å². The van der Waals surface area contributed by atoms with Crippen molar-refractivity contribution >= 4 is 0 Å². The highest BCUT2D eigenvalue weighted by molar-refractivity contribution is 5.26. The van der Waals surface area contributed by atoms with Gasteiger partial charge < -0.3 is 24.4 Å². The van der Waals surface area contributed by atoms with Crippen LogP contribution in [-0.4, -0.2) is 41.2 Å². The van der Waals surface area contributed by atoms with Crippen LogP contribution in [0.15, 0.2) is 54.6 Å². The lowest BCUT2D eigenvalue weighted by Crippen LogP contribution is -2.59. The number of rotatable bonds is 2. The number of fused-ring (bicyclic) bond motifs is 1. The van der Waals surface area contributed by atoms with E-state index in [1.54, 1.807) is 24.3 Å². The van der Waals surface area contributed by atoms with Crippen LogP contribution in [0.2, 0.25) is 0 Å². The van der Waals surface area contributed by atoms with E-state index in [-0.39, 0.29) is 6.61 Å². The lowest BCUT2D eigenvalue weighted by atomic mass is 9.90. The number of benzene rings is 2. The molecule has 0 unspecified atom stereocenters. The predicted molar refractivity (Wildman–Crippen MR) is 91.1 cm³/mol. The van der Waals surface area contributed by atoms with Crippen LogP contribution in [0.3, 0.4) is 0 Å². The molecule has 2 aromatic carbocycles. The van der Waals surface area contributed by atoms with Crippen LogP contribution in [0.25, 0.3) is 0 Å². The third-order valence-corrected chi connectivity index (χ3v) is 5.02. The third-order valence-electron chi connectivity index (χ3n) is 5.02. The summed E-state index contributed by atoms with van der Waals surface area (Å²) in [6.45, 7) is 0.0729. The molecular formula is C20H19F3O5. The van der Waals surface area contributed by atoms with E-state index in [0.717, 1.165) is 17.7 Å². The minimum absolute atomic E-state index is 0.0729. The number of alkyl halides is 3. The fourth-order valence-corrected chi connectivity index (χ4v) is 3.53. The Hall–Kier alpha value is -1.97. The molecule has 2 aromatic rings. The highest BCUT2D eigenvalue weighted by Crippen LogP contribution is 2.39. The fraction of sp³-hybridized carbons (Fsp3) is 0.400. The van der Waals surface area contributed by atoms with E-state index in [2.05, 4.69) is 0 Å². The Kier molecular flexibility index (Phi) is 5.15. The van der Waals surface area contributed by atoms with E-state index in [1.165, 1.54) is 12.1 Å². The molecule has 28 heavy (non-hydrogen) atoms. The molecule has 6 atom stereocenters. The summed E-state index contributed by atoms with van der Waals surface area (Å²) in [6, 6.07) is 13.5. The molecule has 2 aliphatic rings. The largest absolute Gasteiger partial charge is 0.416 e. The Morgan fingerprint density at radius 1 is 0.821 bits per heavy atom. The van der Waals surface area contributed by atoms with E-state index >= 15 is 0 Å². The van der Waals surface area contributed by atoms with Crippen molar-refractivity contribution in [2.45, 2.75) is 43.0 Å².